The van der Waals surface area contributed by atoms with E-state index in [4.69, 9.17) is 34.4 Å². The fourth-order valence-electron chi connectivity index (χ4n) is 5.99. The van der Waals surface area contributed by atoms with Crippen molar-refractivity contribution in [2.24, 2.45) is 44.4 Å². The fraction of sp³-hybridized carbons (Fsp3) is 0.395. The third-order valence-corrected chi connectivity index (χ3v) is 8.98. The largest absolute Gasteiger partial charge is 0.481 e. The number of nitrogens with zero attached hydrogens (tertiary/aromatic N) is 2. The second kappa shape index (κ2) is 23.9. The fourth-order valence-corrected chi connectivity index (χ4v) is 5.99. The van der Waals surface area contributed by atoms with Gasteiger partial charge in [-0.15, -0.1) is 0 Å². The van der Waals surface area contributed by atoms with Crippen molar-refractivity contribution in [2.45, 2.75) is 75.2 Å². The zero-order chi connectivity index (χ0) is 44.2. The van der Waals surface area contributed by atoms with Gasteiger partial charge in [0.25, 0.3) is 0 Å². The maximum Gasteiger partial charge on any atom is 0.305 e. The zero-order valence-electron chi connectivity index (χ0n) is 32.9. The predicted octanol–water partition coefficient (Wildman–Crippen LogP) is -3.60. The van der Waals surface area contributed by atoms with Crippen LogP contribution >= 0.6 is 0 Å². The van der Waals surface area contributed by atoms with Gasteiger partial charge in [-0.25, -0.2) is 0 Å². The quantitative estimate of drug-likeness (QED) is 0.0223. The van der Waals surface area contributed by atoms with Gasteiger partial charge in [-0.2, -0.15) is 0 Å². The number of aliphatic carboxylic acids is 1. The van der Waals surface area contributed by atoms with Crippen LogP contribution in [0.25, 0.3) is 10.9 Å². The number of benzene rings is 2. The summed E-state index contributed by atoms with van der Waals surface area (Å²) in [6, 6.07) is 8.96. The van der Waals surface area contributed by atoms with Crippen LogP contribution in [-0.4, -0.2) is 113 Å². The molecule has 19 N–H and O–H groups in total. The van der Waals surface area contributed by atoms with E-state index in [0.29, 0.717) is 17.5 Å². The molecular weight excluding hydrogens is 781 g/mol. The van der Waals surface area contributed by atoms with E-state index in [-0.39, 0.29) is 57.1 Å². The van der Waals surface area contributed by atoms with E-state index in [1.54, 1.807) is 48.7 Å². The molecule has 6 amide bonds. The van der Waals surface area contributed by atoms with Gasteiger partial charge in [0.05, 0.1) is 19.0 Å². The number of nitrogens with two attached hydrogens (primary N) is 6. The van der Waals surface area contributed by atoms with Crippen molar-refractivity contribution >= 4 is 64.2 Å². The Morgan fingerprint density at radius 2 is 1.17 bits per heavy atom. The molecule has 5 atom stereocenters. The number of rotatable bonds is 25. The molecule has 0 fully saturated rings. The summed E-state index contributed by atoms with van der Waals surface area (Å²) >= 11 is 0. The summed E-state index contributed by atoms with van der Waals surface area (Å²) in [7, 11) is 0. The van der Waals surface area contributed by atoms with Crippen LogP contribution in [0.3, 0.4) is 0 Å². The second-order valence-electron chi connectivity index (χ2n) is 13.8. The summed E-state index contributed by atoms with van der Waals surface area (Å²) in [5, 5.41) is 23.0. The number of guanidine groups is 2. The van der Waals surface area contributed by atoms with E-state index in [0.717, 1.165) is 10.9 Å². The number of carbonyl (C=O) groups is 7. The Morgan fingerprint density at radius 1 is 0.633 bits per heavy atom. The first-order valence-corrected chi connectivity index (χ1v) is 19.0. The number of fused-ring (bicyclic) bond motifs is 1. The first-order valence-electron chi connectivity index (χ1n) is 19.0. The predicted molar refractivity (Wildman–Crippen MR) is 222 cm³/mol. The summed E-state index contributed by atoms with van der Waals surface area (Å²) in [4.78, 5) is 102. The van der Waals surface area contributed by atoms with Crippen LogP contribution in [0.1, 0.15) is 43.2 Å². The van der Waals surface area contributed by atoms with Crippen molar-refractivity contribution in [3.05, 3.63) is 71.9 Å². The van der Waals surface area contributed by atoms with Gasteiger partial charge in [-0.1, -0.05) is 48.5 Å². The molecule has 0 unspecified atom stereocenters. The number of H-pyrrole nitrogens is 1. The van der Waals surface area contributed by atoms with Crippen LogP contribution in [0.5, 0.6) is 0 Å². The number of hydrogen-bond donors (Lipinski definition) is 13. The Morgan fingerprint density at radius 3 is 1.80 bits per heavy atom. The standard InChI is InChI=1S/C38H54N14O8/c39-24(11-6-14-45-37(41)42)32(56)50-28(17-22-19-47-25-12-5-4-10-23(22)25)35(59)52-29(18-31(54)55)36(60)49-26(13-7-15-46-38(43)44)34(58)51-27(33(57)48-20-30(40)53)16-21-8-2-1-3-9-21/h1-5,8-10,12,19,24,26-29,47H,6-7,11,13-18,20,39H2,(H2,40,53)(H,48,57)(H,49,60)(H,50,56)(H,51,58)(H,52,59)(H,54,55)(H4,41,42,45)(H4,43,44,46)/t24-,26-,27-,28+,29-/m0/s1. The molecule has 0 spiro atoms. The molecule has 0 bridgehead atoms. The van der Waals surface area contributed by atoms with Gasteiger partial charge in [0.1, 0.15) is 24.2 Å². The number of para-hydroxylation sites is 1. The lowest BCUT2D eigenvalue weighted by molar-refractivity contribution is -0.141. The van der Waals surface area contributed by atoms with Crippen LogP contribution in [0.15, 0.2) is 70.8 Å². The average molecular weight is 835 g/mol. The minimum absolute atomic E-state index is 0.0208. The number of nitrogens with one attached hydrogen (secondary N) is 6. The molecule has 0 saturated carbocycles. The Hall–Kier alpha value is -7.23. The molecule has 0 aliphatic heterocycles. The molecule has 0 saturated heterocycles. The zero-order valence-corrected chi connectivity index (χ0v) is 32.9. The number of carbonyl (C=O) groups excluding carboxylic acids is 6. The van der Waals surface area contributed by atoms with Crippen molar-refractivity contribution < 1.29 is 38.7 Å². The van der Waals surface area contributed by atoms with E-state index in [2.05, 4.69) is 41.6 Å². The lowest BCUT2D eigenvalue weighted by Gasteiger charge is -2.26. The molecule has 1 aromatic heterocycles. The van der Waals surface area contributed by atoms with E-state index < -0.39 is 84.6 Å². The number of amides is 6. The third-order valence-electron chi connectivity index (χ3n) is 8.98. The Balaban J connectivity index is 1.89. The molecule has 60 heavy (non-hydrogen) atoms. The Kier molecular flexibility index (Phi) is 18.8. The van der Waals surface area contributed by atoms with E-state index >= 15 is 0 Å². The van der Waals surface area contributed by atoms with Crippen molar-refractivity contribution in [2.75, 3.05) is 19.6 Å². The van der Waals surface area contributed by atoms with Crippen LogP contribution in [0.4, 0.5) is 0 Å². The van der Waals surface area contributed by atoms with E-state index in [9.17, 15) is 38.7 Å². The topological polar surface area (TPSA) is 396 Å². The van der Waals surface area contributed by atoms with Crippen LogP contribution in [0.2, 0.25) is 0 Å². The third kappa shape index (κ3) is 16.3. The first kappa shape index (κ1) is 47.1. The van der Waals surface area contributed by atoms with Crippen molar-refractivity contribution in [3.63, 3.8) is 0 Å². The number of carboxylic acid groups (broad SMARTS) is 1. The highest BCUT2D eigenvalue weighted by Gasteiger charge is 2.33. The maximum atomic E-state index is 14.0. The molecule has 3 rings (SSSR count). The van der Waals surface area contributed by atoms with E-state index in [1.807, 2.05) is 12.1 Å². The molecule has 0 radical (unpaired) electrons. The normalized spacial score (nSPS) is 13.3. The minimum atomic E-state index is -1.77. The summed E-state index contributed by atoms with van der Waals surface area (Å²) in [5.74, 6) is -6.96. The minimum Gasteiger partial charge on any atom is -0.481 e. The van der Waals surface area contributed by atoms with Gasteiger partial charge < -0.3 is 71.1 Å². The number of aromatic nitrogens is 1. The van der Waals surface area contributed by atoms with E-state index in [1.165, 1.54) is 0 Å². The highest BCUT2D eigenvalue weighted by atomic mass is 16.4. The summed E-state index contributed by atoms with van der Waals surface area (Å²) < 4.78 is 0. The Labute approximate surface area is 345 Å². The molecule has 0 aliphatic carbocycles. The lowest BCUT2D eigenvalue weighted by Crippen LogP contribution is -2.59. The number of hydrogen-bond acceptors (Lipinski definition) is 10. The summed E-state index contributed by atoms with van der Waals surface area (Å²) in [5.41, 5.74) is 34.9. The molecule has 1 heterocycles. The van der Waals surface area contributed by atoms with Gasteiger partial charge in [0.2, 0.25) is 35.4 Å². The SMILES string of the molecule is NC(=O)CNC(=O)[C@H](Cc1ccccc1)NC(=O)[C@H](CCCN=C(N)N)NC(=O)[C@H](CC(=O)O)NC(=O)[C@@H](Cc1c[nH]c2ccccc12)NC(=O)[C@@H](N)CCCN=C(N)N. The highest BCUT2D eigenvalue weighted by Crippen LogP contribution is 2.19. The number of aromatic amines is 1. The van der Waals surface area contributed by atoms with Crippen LogP contribution < -0.4 is 61.0 Å². The highest BCUT2D eigenvalue weighted by molar-refractivity contribution is 5.98. The number of aliphatic imine (C=N–C) groups is 2. The van der Waals surface area contributed by atoms with Gasteiger partial charge in [0, 0.05) is 43.0 Å². The monoisotopic (exact) mass is 834 g/mol. The van der Waals surface area contributed by atoms with Gasteiger partial charge in [-0.05, 0) is 42.9 Å². The number of carboxylic acids is 1. The summed E-state index contributed by atoms with van der Waals surface area (Å²) in [6.07, 6.45) is 1.13. The van der Waals surface area contributed by atoms with Crippen LogP contribution in [-0.2, 0) is 46.4 Å². The Bertz CT molecular complexity index is 2010. The average Bonchev–Trinajstić information content (AvgIpc) is 3.61. The number of primary amides is 1. The van der Waals surface area contributed by atoms with Crippen molar-refractivity contribution in [1.29, 1.82) is 0 Å². The first-order chi connectivity index (χ1) is 28.5. The summed E-state index contributed by atoms with van der Waals surface area (Å²) in [6.45, 7) is -0.268. The molecule has 2 aromatic carbocycles. The molecule has 22 heteroatoms. The maximum absolute atomic E-state index is 14.0. The van der Waals surface area contributed by atoms with Gasteiger partial charge in [0.15, 0.2) is 11.9 Å². The molecule has 0 aliphatic rings. The molecule has 22 nitrogen and oxygen atoms in total. The van der Waals surface area contributed by atoms with Crippen molar-refractivity contribution in [3.8, 4) is 0 Å². The van der Waals surface area contributed by atoms with Gasteiger partial charge in [-0.3, -0.25) is 43.5 Å². The van der Waals surface area contributed by atoms with Crippen LogP contribution in [0, 0.1) is 0 Å². The van der Waals surface area contributed by atoms with Gasteiger partial charge >= 0.3 is 5.97 Å². The molecular formula is C38H54N14O8. The lowest BCUT2D eigenvalue weighted by atomic mass is 10.0. The molecule has 3 aromatic rings. The second-order valence-corrected chi connectivity index (χ2v) is 13.8. The molecule has 324 valence electrons. The van der Waals surface area contributed by atoms with Crippen molar-refractivity contribution in [1.82, 2.24) is 31.6 Å². The smallest absolute Gasteiger partial charge is 0.305 e.